The van der Waals surface area contributed by atoms with Crippen LogP contribution in [0.25, 0.3) is 10.9 Å². The molecule has 0 fully saturated rings. The monoisotopic (exact) mass is 368 g/mol. The number of fused-ring (bicyclic) bond motifs is 1. The lowest BCUT2D eigenvalue weighted by Crippen LogP contribution is -2.14. The molecule has 6 heteroatoms. The normalized spacial score (nSPS) is 12.0. The van der Waals surface area contributed by atoms with E-state index in [4.69, 9.17) is 9.47 Å². The summed E-state index contributed by atoms with van der Waals surface area (Å²) in [7, 11) is 0. The van der Waals surface area contributed by atoms with Crippen LogP contribution >= 0.6 is 0 Å². The summed E-state index contributed by atoms with van der Waals surface area (Å²) in [4.78, 5) is 15.2. The fourth-order valence-corrected chi connectivity index (χ4v) is 2.73. The second kappa shape index (κ2) is 8.60. The average molecular weight is 368 g/mol. The molecule has 3 aromatic rings. The Labute approximate surface area is 157 Å². The van der Waals surface area contributed by atoms with Crippen LogP contribution in [0.4, 0.5) is 5.69 Å². The van der Waals surface area contributed by atoms with E-state index in [0.29, 0.717) is 24.6 Å². The molecule has 1 heterocycles. The van der Waals surface area contributed by atoms with Crippen LogP contribution in [0.3, 0.4) is 0 Å². The number of ether oxygens (including phenoxy) is 2. The topological polar surface area (TPSA) is 83.6 Å². The molecule has 1 aromatic heterocycles. The first-order valence-electron chi connectivity index (χ1n) is 8.98. The van der Waals surface area contributed by atoms with Crippen LogP contribution in [0.1, 0.15) is 19.4 Å². The van der Waals surface area contributed by atoms with Gasteiger partial charge < -0.3 is 24.9 Å². The first-order chi connectivity index (χ1) is 13.0. The van der Waals surface area contributed by atoms with Gasteiger partial charge in [0.25, 0.3) is 5.56 Å². The lowest BCUT2D eigenvalue weighted by molar-refractivity contribution is 0.123. The number of hydrogen-bond donors (Lipinski definition) is 3. The highest BCUT2D eigenvalue weighted by Crippen LogP contribution is 2.21. The number of aliphatic hydroxyl groups excluding tert-OH is 1. The summed E-state index contributed by atoms with van der Waals surface area (Å²) in [6.45, 7) is 4.95. The number of nitrogens with one attached hydrogen (secondary N) is 2. The highest BCUT2D eigenvalue weighted by molar-refractivity contribution is 5.83. The van der Waals surface area contributed by atoms with Crippen molar-refractivity contribution in [3.63, 3.8) is 0 Å². The number of rotatable bonds is 8. The zero-order chi connectivity index (χ0) is 19.2. The molecule has 6 nitrogen and oxygen atoms in total. The molecule has 0 saturated carbocycles. The number of aromatic nitrogens is 1. The third-order valence-corrected chi connectivity index (χ3v) is 4.00. The maximum Gasteiger partial charge on any atom is 0.271 e. The molecule has 0 aliphatic heterocycles. The summed E-state index contributed by atoms with van der Waals surface area (Å²) in [5.41, 5.74) is 2.06. The van der Waals surface area contributed by atoms with E-state index in [1.54, 1.807) is 25.1 Å². The van der Waals surface area contributed by atoms with Crippen molar-refractivity contribution >= 4 is 16.6 Å². The summed E-state index contributed by atoms with van der Waals surface area (Å²) in [5.74, 6) is 1.45. The third kappa shape index (κ3) is 5.01. The fraction of sp³-hybridized carbons (Fsp3) is 0.286. The molecule has 0 spiro atoms. The van der Waals surface area contributed by atoms with Gasteiger partial charge in [0.15, 0.2) is 0 Å². The van der Waals surface area contributed by atoms with Crippen molar-refractivity contribution in [1.29, 1.82) is 0 Å². The van der Waals surface area contributed by atoms with Gasteiger partial charge in [-0.05, 0) is 55.8 Å². The molecule has 0 unspecified atom stereocenters. The molecule has 2 aromatic carbocycles. The number of anilines is 1. The number of hydrogen-bond acceptors (Lipinski definition) is 5. The number of pyridine rings is 1. The summed E-state index contributed by atoms with van der Waals surface area (Å²) >= 11 is 0. The maximum atomic E-state index is 12.3. The zero-order valence-corrected chi connectivity index (χ0v) is 15.5. The summed E-state index contributed by atoms with van der Waals surface area (Å²) in [6, 6.07) is 15.0. The molecule has 0 bridgehead atoms. The average Bonchev–Trinajstić information content (AvgIpc) is 2.65. The number of benzene rings is 2. The minimum atomic E-state index is -0.541. The van der Waals surface area contributed by atoms with Crippen LogP contribution in [0.2, 0.25) is 0 Å². The minimum absolute atomic E-state index is 0.180. The van der Waals surface area contributed by atoms with Crippen molar-refractivity contribution in [3.05, 3.63) is 64.4 Å². The summed E-state index contributed by atoms with van der Waals surface area (Å²) < 4.78 is 11.0. The van der Waals surface area contributed by atoms with Gasteiger partial charge in [-0.25, -0.2) is 0 Å². The van der Waals surface area contributed by atoms with Crippen molar-refractivity contribution < 1.29 is 14.6 Å². The Morgan fingerprint density at radius 1 is 1.11 bits per heavy atom. The Morgan fingerprint density at radius 2 is 1.93 bits per heavy atom. The van der Waals surface area contributed by atoms with Gasteiger partial charge in [0.1, 0.15) is 23.8 Å². The molecule has 1 atom stereocenters. The molecule has 0 amide bonds. The molecule has 0 radical (unpaired) electrons. The van der Waals surface area contributed by atoms with Gasteiger partial charge >= 0.3 is 0 Å². The Hall–Kier alpha value is -2.99. The summed E-state index contributed by atoms with van der Waals surface area (Å²) in [6.07, 6.45) is -0.541. The van der Waals surface area contributed by atoms with Crippen LogP contribution in [0, 0.1) is 0 Å². The van der Waals surface area contributed by atoms with Gasteiger partial charge in [-0.1, -0.05) is 12.1 Å². The summed E-state index contributed by atoms with van der Waals surface area (Å²) in [5, 5.41) is 13.4. The molecule has 142 valence electrons. The van der Waals surface area contributed by atoms with Gasteiger partial charge in [0.2, 0.25) is 0 Å². The molecular formula is C21H24N2O4. The van der Waals surface area contributed by atoms with Crippen molar-refractivity contribution in [1.82, 2.24) is 4.98 Å². The van der Waals surface area contributed by atoms with Crippen molar-refractivity contribution in [2.75, 3.05) is 18.5 Å². The largest absolute Gasteiger partial charge is 0.494 e. The predicted octanol–water partition coefficient (Wildman–Crippen LogP) is 3.30. The molecule has 0 saturated heterocycles. The second-order valence-electron chi connectivity index (χ2n) is 6.36. The minimum Gasteiger partial charge on any atom is -0.494 e. The lowest BCUT2D eigenvalue weighted by atomic mass is 10.2. The third-order valence-electron chi connectivity index (χ3n) is 4.00. The van der Waals surface area contributed by atoms with E-state index in [9.17, 15) is 9.90 Å². The van der Waals surface area contributed by atoms with Gasteiger partial charge in [-0.3, -0.25) is 4.79 Å². The number of aliphatic hydroxyl groups is 1. The molecule has 0 aliphatic rings. The van der Waals surface area contributed by atoms with Crippen LogP contribution in [-0.2, 0) is 6.54 Å². The van der Waals surface area contributed by atoms with Crippen molar-refractivity contribution in [2.24, 2.45) is 0 Å². The molecule has 3 N–H and O–H groups in total. The zero-order valence-electron chi connectivity index (χ0n) is 15.5. The van der Waals surface area contributed by atoms with Gasteiger partial charge in [0.05, 0.1) is 12.7 Å². The highest BCUT2D eigenvalue weighted by atomic mass is 16.5. The Morgan fingerprint density at radius 3 is 2.70 bits per heavy atom. The smallest absolute Gasteiger partial charge is 0.271 e. The molecule has 0 aliphatic carbocycles. The van der Waals surface area contributed by atoms with Gasteiger partial charge in [-0.2, -0.15) is 0 Å². The quantitative estimate of drug-likeness (QED) is 0.568. The van der Waals surface area contributed by atoms with E-state index in [2.05, 4.69) is 10.3 Å². The predicted molar refractivity (Wildman–Crippen MR) is 107 cm³/mol. The van der Waals surface area contributed by atoms with Crippen LogP contribution in [0.5, 0.6) is 11.5 Å². The Balaban J connectivity index is 1.78. The van der Waals surface area contributed by atoms with E-state index >= 15 is 0 Å². The van der Waals surface area contributed by atoms with Crippen molar-refractivity contribution in [3.8, 4) is 11.5 Å². The number of H-pyrrole nitrogens is 1. The molecule has 3 rings (SSSR count). The standard InChI is InChI=1S/C21H24N2O4/c1-3-26-17-6-4-5-15(9-17)12-22-20-11-16-10-18(27-13-14(2)24)7-8-19(16)23-21(20)25/h4-11,14,22,24H,3,12-13H2,1-2H3,(H,23,25)/t14-/m1/s1. The van der Waals surface area contributed by atoms with E-state index < -0.39 is 6.10 Å². The van der Waals surface area contributed by atoms with Crippen LogP contribution < -0.4 is 20.3 Å². The first kappa shape index (κ1) is 18.8. The Kier molecular flexibility index (Phi) is 5.98. The molecule has 27 heavy (non-hydrogen) atoms. The number of aromatic amines is 1. The fourth-order valence-electron chi connectivity index (χ4n) is 2.73. The lowest BCUT2D eigenvalue weighted by Gasteiger charge is -2.11. The SMILES string of the molecule is CCOc1cccc(CNc2cc3cc(OC[C@@H](C)O)ccc3[nH]c2=O)c1. The van der Waals surface area contributed by atoms with E-state index in [-0.39, 0.29) is 12.2 Å². The van der Waals surface area contributed by atoms with Crippen LogP contribution in [-0.4, -0.2) is 29.4 Å². The molecular weight excluding hydrogens is 344 g/mol. The van der Waals surface area contributed by atoms with E-state index in [1.165, 1.54) is 0 Å². The van der Waals surface area contributed by atoms with Gasteiger partial charge in [-0.15, -0.1) is 0 Å². The second-order valence-corrected chi connectivity index (χ2v) is 6.36. The van der Waals surface area contributed by atoms with Gasteiger partial charge in [0, 0.05) is 17.4 Å². The first-order valence-corrected chi connectivity index (χ1v) is 8.98. The van der Waals surface area contributed by atoms with E-state index in [0.717, 1.165) is 22.2 Å². The van der Waals surface area contributed by atoms with Crippen molar-refractivity contribution in [2.45, 2.75) is 26.5 Å². The maximum absolute atomic E-state index is 12.3. The van der Waals surface area contributed by atoms with E-state index in [1.807, 2.05) is 37.3 Å². The van der Waals surface area contributed by atoms with Crippen LogP contribution in [0.15, 0.2) is 53.3 Å². The Bertz CT molecular complexity index is 966. The highest BCUT2D eigenvalue weighted by Gasteiger charge is 2.06.